The molecule has 0 saturated carbocycles. The quantitative estimate of drug-likeness (QED) is 0.536. The van der Waals surface area contributed by atoms with Crippen LogP contribution in [0.25, 0.3) is 0 Å². The maximum Gasteiger partial charge on any atom is 0.268 e. The van der Waals surface area contributed by atoms with Gasteiger partial charge in [0.05, 0.1) is 0 Å². The van der Waals surface area contributed by atoms with Crippen molar-refractivity contribution in [3.8, 4) is 0 Å². The van der Waals surface area contributed by atoms with Crippen LogP contribution in [0.1, 0.15) is 33.1 Å². The zero-order valence-electron chi connectivity index (χ0n) is 6.58. The van der Waals surface area contributed by atoms with Gasteiger partial charge in [0, 0.05) is 6.42 Å². The van der Waals surface area contributed by atoms with E-state index in [-0.39, 0.29) is 12.0 Å². The first-order valence-corrected chi connectivity index (χ1v) is 3.54. The SMILES string of the molecule is C=C(C)C(F)(F)CCCC. The van der Waals surface area contributed by atoms with Gasteiger partial charge in [-0.1, -0.05) is 19.9 Å². The molecule has 0 aromatic heterocycles. The van der Waals surface area contributed by atoms with Crippen LogP contribution >= 0.6 is 0 Å². The number of unbranched alkanes of at least 4 members (excludes halogenated alkanes) is 1. The van der Waals surface area contributed by atoms with Crippen molar-refractivity contribution < 1.29 is 8.78 Å². The first kappa shape index (κ1) is 9.60. The Morgan fingerprint density at radius 3 is 2.30 bits per heavy atom. The van der Waals surface area contributed by atoms with Crippen molar-refractivity contribution in [2.75, 3.05) is 0 Å². The molecule has 60 valence electrons. The number of alkyl halides is 2. The number of hydrogen-bond acceptors (Lipinski definition) is 0. The maximum absolute atomic E-state index is 12.6. The number of halogens is 2. The normalized spacial score (nSPS) is 11.6. The first-order valence-electron chi connectivity index (χ1n) is 3.54. The van der Waals surface area contributed by atoms with Crippen LogP contribution in [0.5, 0.6) is 0 Å². The van der Waals surface area contributed by atoms with Crippen LogP contribution < -0.4 is 0 Å². The van der Waals surface area contributed by atoms with Gasteiger partial charge in [0.1, 0.15) is 0 Å². The van der Waals surface area contributed by atoms with Crippen molar-refractivity contribution in [1.82, 2.24) is 0 Å². The molecule has 0 aromatic carbocycles. The predicted molar refractivity (Wildman–Crippen MR) is 39.3 cm³/mol. The standard InChI is InChI=1S/C8H14F2/c1-4-5-6-8(9,10)7(2)3/h2,4-6H2,1,3H3. The molecule has 0 aliphatic rings. The Balaban J connectivity index is 3.75. The lowest BCUT2D eigenvalue weighted by Gasteiger charge is -2.14. The minimum absolute atomic E-state index is 0.0269. The van der Waals surface area contributed by atoms with Crippen LogP contribution in [-0.2, 0) is 0 Å². The molecule has 10 heavy (non-hydrogen) atoms. The molecule has 0 aliphatic carbocycles. The lowest BCUT2D eigenvalue weighted by molar-refractivity contribution is 0.0306. The largest absolute Gasteiger partial charge is 0.268 e. The predicted octanol–water partition coefficient (Wildman–Crippen LogP) is 3.39. The van der Waals surface area contributed by atoms with Crippen molar-refractivity contribution in [3.63, 3.8) is 0 Å². The van der Waals surface area contributed by atoms with Gasteiger partial charge in [-0.25, -0.2) is 8.78 Å². The molecule has 0 amide bonds. The summed E-state index contributed by atoms with van der Waals surface area (Å²) in [6.07, 6.45) is 1.32. The van der Waals surface area contributed by atoms with Crippen molar-refractivity contribution in [2.24, 2.45) is 0 Å². The third kappa shape index (κ3) is 2.95. The van der Waals surface area contributed by atoms with Gasteiger partial charge in [0.2, 0.25) is 0 Å². The third-order valence-electron chi connectivity index (χ3n) is 1.47. The van der Waals surface area contributed by atoms with Gasteiger partial charge in [-0.15, -0.1) is 0 Å². The molecule has 2 heteroatoms. The smallest absolute Gasteiger partial charge is 0.202 e. The molecule has 0 heterocycles. The van der Waals surface area contributed by atoms with Gasteiger partial charge >= 0.3 is 0 Å². The second kappa shape index (κ2) is 3.69. The fraction of sp³-hybridized carbons (Fsp3) is 0.750. The van der Waals surface area contributed by atoms with Gasteiger partial charge in [-0.05, 0) is 18.9 Å². The molecule has 0 aromatic rings. The van der Waals surface area contributed by atoms with E-state index in [0.29, 0.717) is 6.42 Å². The lowest BCUT2D eigenvalue weighted by atomic mass is 10.1. The summed E-state index contributed by atoms with van der Waals surface area (Å²) in [5.41, 5.74) is -0.0269. The molecule has 0 unspecified atom stereocenters. The molecular weight excluding hydrogens is 134 g/mol. The van der Waals surface area contributed by atoms with Crippen LogP contribution in [0, 0.1) is 0 Å². The summed E-state index contributed by atoms with van der Waals surface area (Å²) in [5, 5.41) is 0. The summed E-state index contributed by atoms with van der Waals surface area (Å²) in [6, 6.07) is 0. The van der Waals surface area contributed by atoms with E-state index in [2.05, 4.69) is 6.58 Å². The van der Waals surface area contributed by atoms with Crippen LogP contribution in [0.3, 0.4) is 0 Å². The summed E-state index contributed by atoms with van der Waals surface area (Å²) < 4.78 is 25.3. The molecule has 0 nitrogen and oxygen atoms in total. The van der Waals surface area contributed by atoms with Crippen LogP contribution in [-0.4, -0.2) is 5.92 Å². The van der Waals surface area contributed by atoms with Gasteiger partial charge in [0.25, 0.3) is 5.92 Å². The van der Waals surface area contributed by atoms with E-state index in [4.69, 9.17) is 0 Å². The van der Waals surface area contributed by atoms with Crippen molar-refractivity contribution >= 4 is 0 Å². The first-order chi connectivity index (χ1) is 4.50. The van der Waals surface area contributed by atoms with Gasteiger partial charge < -0.3 is 0 Å². The summed E-state index contributed by atoms with van der Waals surface area (Å²) in [5.74, 6) is -2.64. The second-order valence-electron chi connectivity index (χ2n) is 2.59. The van der Waals surface area contributed by atoms with Gasteiger partial charge in [0.15, 0.2) is 0 Å². The topological polar surface area (TPSA) is 0 Å². The van der Waals surface area contributed by atoms with Crippen molar-refractivity contribution in [2.45, 2.75) is 39.0 Å². The Hall–Kier alpha value is -0.400. The Morgan fingerprint density at radius 2 is 2.00 bits per heavy atom. The van der Waals surface area contributed by atoms with Crippen LogP contribution in [0.15, 0.2) is 12.2 Å². The van der Waals surface area contributed by atoms with E-state index >= 15 is 0 Å². The maximum atomic E-state index is 12.6. The number of rotatable bonds is 4. The summed E-state index contributed by atoms with van der Waals surface area (Å²) in [7, 11) is 0. The van der Waals surface area contributed by atoms with E-state index in [1.807, 2.05) is 6.92 Å². The van der Waals surface area contributed by atoms with E-state index in [1.165, 1.54) is 6.92 Å². The second-order valence-corrected chi connectivity index (χ2v) is 2.59. The minimum atomic E-state index is -2.64. The zero-order chi connectivity index (χ0) is 8.20. The summed E-state index contributed by atoms with van der Waals surface area (Å²) in [6.45, 7) is 6.50. The highest BCUT2D eigenvalue weighted by Gasteiger charge is 2.28. The van der Waals surface area contributed by atoms with Crippen molar-refractivity contribution in [1.29, 1.82) is 0 Å². The molecule has 0 fully saturated rings. The molecule has 0 spiro atoms. The summed E-state index contributed by atoms with van der Waals surface area (Å²) >= 11 is 0. The molecule has 0 saturated heterocycles. The fourth-order valence-electron chi connectivity index (χ4n) is 0.612. The van der Waals surface area contributed by atoms with E-state index in [1.54, 1.807) is 0 Å². The molecule has 0 bridgehead atoms. The van der Waals surface area contributed by atoms with E-state index in [9.17, 15) is 8.78 Å². The number of allylic oxidation sites excluding steroid dienone is 1. The monoisotopic (exact) mass is 148 g/mol. The fourth-order valence-corrected chi connectivity index (χ4v) is 0.612. The average Bonchev–Trinajstić information content (AvgIpc) is 1.84. The van der Waals surface area contributed by atoms with Crippen molar-refractivity contribution in [3.05, 3.63) is 12.2 Å². The Morgan fingerprint density at radius 1 is 1.50 bits per heavy atom. The zero-order valence-corrected chi connectivity index (χ0v) is 6.58. The summed E-state index contributed by atoms with van der Waals surface area (Å²) in [4.78, 5) is 0. The number of hydrogen-bond donors (Lipinski definition) is 0. The molecule has 0 atom stereocenters. The Kier molecular flexibility index (Phi) is 3.54. The van der Waals surface area contributed by atoms with Gasteiger partial charge in [-0.3, -0.25) is 0 Å². The van der Waals surface area contributed by atoms with E-state index in [0.717, 1.165) is 6.42 Å². The molecule has 0 aliphatic heterocycles. The highest BCUT2D eigenvalue weighted by molar-refractivity contribution is 5.02. The highest BCUT2D eigenvalue weighted by atomic mass is 19.3. The molecular formula is C8H14F2. The highest BCUT2D eigenvalue weighted by Crippen LogP contribution is 2.27. The van der Waals surface area contributed by atoms with Gasteiger partial charge in [-0.2, -0.15) is 0 Å². The Bertz CT molecular complexity index is 116. The van der Waals surface area contributed by atoms with Crippen LogP contribution in [0.2, 0.25) is 0 Å². The third-order valence-corrected chi connectivity index (χ3v) is 1.47. The average molecular weight is 148 g/mol. The van der Waals surface area contributed by atoms with Crippen LogP contribution in [0.4, 0.5) is 8.78 Å². The van der Waals surface area contributed by atoms with E-state index < -0.39 is 5.92 Å². The lowest BCUT2D eigenvalue weighted by Crippen LogP contribution is -2.16. The minimum Gasteiger partial charge on any atom is -0.202 e. The Labute approximate surface area is 60.9 Å². The molecule has 0 rings (SSSR count). The molecule has 0 radical (unpaired) electrons. The molecule has 0 N–H and O–H groups in total.